The maximum absolute atomic E-state index is 13.3. The Hall–Kier alpha value is -1.60. The van der Waals surface area contributed by atoms with Crippen LogP contribution in [-0.4, -0.2) is 18.3 Å². The zero-order valence-corrected chi connectivity index (χ0v) is 10.1. The van der Waals surface area contributed by atoms with Crippen LogP contribution in [0.5, 0.6) is 0 Å². The van der Waals surface area contributed by atoms with Gasteiger partial charge in [0.1, 0.15) is 11.9 Å². The third-order valence-corrected chi connectivity index (χ3v) is 2.65. The molecular weight excluding hydrogens is 219 g/mol. The van der Waals surface area contributed by atoms with E-state index in [1.54, 1.807) is 12.1 Å². The molecule has 0 spiro atoms. The second-order valence-corrected chi connectivity index (χ2v) is 4.80. The smallest absolute Gasteiger partial charge is 0.143 e. The summed E-state index contributed by atoms with van der Waals surface area (Å²) in [7, 11) is 0. The molecule has 1 aromatic rings. The number of hydrogen-bond acceptors (Lipinski definition) is 3. The Morgan fingerprint density at radius 3 is 2.71 bits per heavy atom. The van der Waals surface area contributed by atoms with Crippen LogP contribution in [0, 0.1) is 22.6 Å². The van der Waals surface area contributed by atoms with Gasteiger partial charge in [0.05, 0.1) is 5.56 Å². The van der Waals surface area contributed by atoms with Gasteiger partial charge in [-0.15, -0.1) is 0 Å². The van der Waals surface area contributed by atoms with E-state index in [1.807, 2.05) is 13.8 Å². The zero-order valence-electron chi connectivity index (χ0n) is 10.1. The lowest BCUT2D eigenvalue weighted by Gasteiger charge is -2.24. The zero-order chi connectivity index (χ0) is 12.9. The monoisotopic (exact) mass is 236 g/mol. The first-order valence-corrected chi connectivity index (χ1v) is 5.53. The standard InChI is InChI=1S/C13H17FN2O/c1-13(2,5-6-17)9-16-11-4-3-10(8-15)12(14)7-11/h3-4,7,16-17H,5-6,9H2,1-2H3. The van der Waals surface area contributed by atoms with Gasteiger partial charge in [0.25, 0.3) is 0 Å². The average molecular weight is 236 g/mol. The van der Waals surface area contributed by atoms with Crippen molar-refractivity contribution in [2.75, 3.05) is 18.5 Å². The number of aliphatic hydroxyl groups is 1. The predicted molar refractivity (Wildman–Crippen MR) is 65.1 cm³/mol. The maximum Gasteiger partial charge on any atom is 0.143 e. The van der Waals surface area contributed by atoms with E-state index in [0.717, 1.165) is 0 Å². The van der Waals surface area contributed by atoms with Gasteiger partial charge in [-0.2, -0.15) is 5.26 Å². The highest BCUT2D eigenvalue weighted by Gasteiger charge is 2.16. The second-order valence-electron chi connectivity index (χ2n) is 4.80. The lowest BCUT2D eigenvalue weighted by Crippen LogP contribution is -2.24. The second kappa shape index (κ2) is 5.65. The summed E-state index contributed by atoms with van der Waals surface area (Å²) in [6.07, 6.45) is 0.679. The summed E-state index contributed by atoms with van der Waals surface area (Å²) in [6.45, 7) is 4.82. The quantitative estimate of drug-likeness (QED) is 0.826. The number of aliphatic hydroxyl groups excluding tert-OH is 1. The summed E-state index contributed by atoms with van der Waals surface area (Å²) in [6, 6.07) is 6.22. The van der Waals surface area contributed by atoms with Crippen molar-refractivity contribution in [2.45, 2.75) is 20.3 Å². The Kier molecular flexibility index (Phi) is 4.47. The molecule has 0 bridgehead atoms. The van der Waals surface area contributed by atoms with Gasteiger partial charge in [-0.05, 0) is 30.0 Å². The van der Waals surface area contributed by atoms with Crippen molar-refractivity contribution in [3.8, 4) is 6.07 Å². The lowest BCUT2D eigenvalue weighted by molar-refractivity contribution is 0.220. The fraction of sp³-hybridized carbons (Fsp3) is 0.462. The topological polar surface area (TPSA) is 56.0 Å². The highest BCUT2D eigenvalue weighted by molar-refractivity contribution is 5.48. The predicted octanol–water partition coefficient (Wildman–Crippen LogP) is 2.52. The molecule has 0 heterocycles. The van der Waals surface area contributed by atoms with Gasteiger partial charge >= 0.3 is 0 Å². The number of anilines is 1. The van der Waals surface area contributed by atoms with Crippen LogP contribution in [0.2, 0.25) is 0 Å². The van der Waals surface area contributed by atoms with Gasteiger partial charge in [-0.1, -0.05) is 13.8 Å². The third kappa shape index (κ3) is 4.04. The molecule has 4 heteroatoms. The molecule has 0 saturated carbocycles. The molecular formula is C13H17FN2O. The molecule has 0 fully saturated rings. The maximum atomic E-state index is 13.3. The minimum atomic E-state index is -0.516. The molecule has 1 aromatic carbocycles. The first-order valence-electron chi connectivity index (χ1n) is 5.53. The van der Waals surface area contributed by atoms with Gasteiger partial charge < -0.3 is 10.4 Å². The van der Waals surface area contributed by atoms with E-state index >= 15 is 0 Å². The number of rotatable bonds is 5. The van der Waals surface area contributed by atoms with E-state index in [-0.39, 0.29) is 17.6 Å². The fourth-order valence-electron chi connectivity index (χ4n) is 1.45. The van der Waals surface area contributed by atoms with Crippen LogP contribution in [0.3, 0.4) is 0 Å². The number of nitriles is 1. The number of benzene rings is 1. The molecule has 92 valence electrons. The normalized spacial score (nSPS) is 11.0. The van der Waals surface area contributed by atoms with Crippen LogP contribution in [0.4, 0.5) is 10.1 Å². The summed E-state index contributed by atoms with van der Waals surface area (Å²) >= 11 is 0. The molecule has 0 aliphatic carbocycles. The summed E-state index contributed by atoms with van der Waals surface area (Å²) < 4.78 is 13.3. The van der Waals surface area contributed by atoms with Crippen molar-refractivity contribution < 1.29 is 9.50 Å². The number of nitrogens with zero attached hydrogens (tertiary/aromatic N) is 1. The van der Waals surface area contributed by atoms with Crippen molar-refractivity contribution in [3.63, 3.8) is 0 Å². The molecule has 3 nitrogen and oxygen atoms in total. The lowest BCUT2D eigenvalue weighted by atomic mass is 9.89. The van der Waals surface area contributed by atoms with E-state index < -0.39 is 5.82 Å². The first kappa shape index (κ1) is 13.5. The van der Waals surface area contributed by atoms with Crippen molar-refractivity contribution in [2.24, 2.45) is 5.41 Å². The number of halogens is 1. The molecule has 0 radical (unpaired) electrons. The van der Waals surface area contributed by atoms with E-state index in [9.17, 15) is 4.39 Å². The molecule has 1 rings (SSSR count). The summed E-state index contributed by atoms with van der Waals surface area (Å²) in [5.74, 6) is -0.516. The largest absolute Gasteiger partial charge is 0.396 e. The molecule has 0 unspecified atom stereocenters. The van der Waals surface area contributed by atoms with Crippen molar-refractivity contribution in [1.29, 1.82) is 5.26 Å². The fourth-order valence-corrected chi connectivity index (χ4v) is 1.45. The van der Waals surface area contributed by atoms with Gasteiger partial charge in [0, 0.05) is 18.8 Å². The van der Waals surface area contributed by atoms with Crippen LogP contribution >= 0.6 is 0 Å². The molecule has 0 aliphatic rings. The SMILES string of the molecule is CC(C)(CCO)CNc1ccc(C#N)c(F)c1. The summed E-state index contributed by atoms with van der Waals surface area (Å²) in [4.78, 5) is 0. The Morgan fingerprint density at radius 2 is 2.18 bits per heavy atom. The van der Waals surface area contributed by atoms with Crippen LogP contribution in [0.25, 0.3) is 0 Å². The van der Waals surface area contributed by atoms with Gasteiger partial charge in [-0.25, -0.2) is 4.39 Å². The Labute approximate surface area is 101 Å². The molecule has 0 amide bonds. The summed E-state index contributed by atoms with van der Waals surface area (Å²) in [5.41, 5.74) is 0.636. The molecule has 17 heavy (non-hydrogen) atoms. The molecule has 0 aromatic heterocycles. The Morgan fingerprint density at radius 1 is 1.47 bits per heavy atom. The highest BCUT2D eigenvalue weighted by Crippen LogP contribution is 2.21. The van der Waals surface area contributed by atoms with Gasteiger partial charge in [0.15, 0.2) is 0 Å². The van der Waals surface area contributed by atoms with Crippen molar-refractivity contribution in [3.05, 3.63) is 29.6 Å². The van der Waals surface area contributed by atoms with E-state index in [2.05, 4.69) is 5.32 Å². The van der Waals surface area contributed by atoms with Crippen LogP contribution in [-0.2, 0) is 0 Å². The van der Waals surface area contributed by atoms with Crippen LogP contribution < -0.4 is 5.32 Å². The average Bonchev–Trinajstić information content (AvgIpc) is 2.27. The van der Waals surface area contributed by atoms with E-state index in [4.69, 9.17) is 10.4 Å². The summed E-state index contributed by atoms with van der Waals surface area (Å²) in [5, 5.41) is 20.6. The minimum absolute atomic E-state index is 0.0465. The Bertz CT molecular complexity index is 424. The molecule has 0 aliphatic heterocycles. The van der Waals surface area contributed by atoms with E-state index in [0.29, 0.717) is 18.7 Å². The van der Waals surface area contributed by atoms with Gasteiger partial charge in [-0.3, -0.25) is 0 Å². The third-order valence-electron chi connectivity index (χ3n) is 2.65. The first-order chi connectivity index (χ1) is 7.98. The van der Waals surface area contributed by atoms with Crippen LogP contribution in [0.15, 0.2) is 18.2 Å². The number of nitrogens with one attached hydrogen (secondary N) is 1. The van der Waals surface area contributed by atoms with E-state index in [1.165, 1.54) is 12.1 Å². The molecule has 0 atom stereocenters. The highest BCUT2D eigenvalue weighted by atomic mass is 19.1. The molecule has 2 N–H and O–H groups in total. The van der Waals surface area contributed by atoms with Crippen LogP contribution in [0.1, 0.15) is 25.8 Å². The van der Waals surface area contributed by atoms with Crippen molar-refractivity contribution in [1.82, 2.24) is 0 Å². The Balaban J connectivity index is 2.65. The van der Waals surface area contributed by atoms with Crippen molar-refractivity contribution >= 4 is 5.69 Å². The van der Waals surface area contributed by atoms with Gasteiger partial charge in [0.2, 0.25) is 0 Å². The number of hydrogen-bond donors (Lipinski definition) is 2. The minimum Gasteiger partial charge on any atom is -0.396 e. The molecule has 0 saturated heterocycles.